The smallest absolute Gasteiger partial charge is 0.243 e. The van der Waals surface area contributed by atoms with E-state index < -0.39 is 10.0 Å². The van der Waals surface area contributed by atoms with Crippen molar-refractivity contribution in [3.05, 3.63) is 35.9 Å². The van der Waals surface area contributed by atoms with E-state index >= 15 is 0 Å². The van der Waals surface area contributed by atoms with Crippen LogP contribution >= 0.6 is 0 Å². The Balaban J connectivity index is 2.47. The number of hydrogen-bond donors (Lipinski definition) is 1. The topological polar surface area (TPSA) is 66.5 Å². The van der Waals surface area contributed by atoms with Crippen molar-refractivity contribution < 1.29 is 13.2 Å². The van der Waals surface area contributed by atoms with Crippen molar-refractivity contribution >= 4 is 22.0 Å². The van der Waals surface area contributed by atoms with Crippen molar-refractivity contribution in [3.63, 3.8) is 0 Å². The highest BCUT2D eigenvalue weighted by Crippen LogP contribution is 2.21. The predicted molar refractivity (Wildman–Crippen MR) is 103 cm³/mol. The minimum atomic E-state index is -3.42. The van der Waals surface area contributed by atoms with Crippen molar-refractivity contribution in [1.29, 1.82) is 0 Å². The lowest BCUT2D eigenvalue weighted by Gasteiger charge is -2.17. The van der Waals surface area contributed by atoms with Crippen LogP contribution in [0.2, 0.25) is 0 Å². The Kier molecular flexibility index (Phi) is 7.83. The van der Waals surface area contributed by atoms with Crippen LogP contribution in [0.15, 0.2) is 35.2 Å². The van der Waals surface area contributed by atoms with Crippen LogP contribution < -0.4 is 5.32 Å². The van der Waals surface area contributed by atoms with Gasteiger partial charge in [0.25, 0.3) is 0 Å². The molecule has 0 aromatic heterocycles. The van der Waals surface area contributed by atoms with Crippen LogP contribution in [-0.4, -0.2) is 39.3 Å². The summed E-state index contributed by atoms with van der Waals surface area (Å²) in [5.41, 5.74) is 1.11. The summed E-state index contributed by atoms with van der Waals surface area (Å²) in [7, 11) is -0.433. The molecular formula is C19H30N2O3S. The zero-order valence-electron chi connectivity index (χ0n) is 15.9. The normalized spacial score (nSPS) is 12.7. The van der Waals surface area contributed by atoms with Gasteiger partial charge in [-0.3, -0.25) is 4.79 Å². The molecule has 0 saturated heterocycles. The number of nitrogens with one attached hydrogen (secondary N) is 1. The lowest BCUT2D eigenvalue weighted by atomic mass is 9.90. The standard InChI is InChI=1S/C19H30N2O3S/c1-19(2,3)14-6-7-15-20-18(22)13-10-16-8-11-17(12-9-16)25(23,24)21(4)5/h8-13H,6-7,14-15H2,1-5H3,(H,20,22)/b13-10+. The molecule has 0 unspecified atom stereocenters. The first-order valence-corrected chi connectivity index (χ1v) is 9.95. The molecule has 1 aromatic rings. The molecule has 0 bridgehead atoms. The number of carbonyl (C=O) groups excluding carboxylic acids is 1. The van der Waals surface area contributed by atoms with Crippen LogP contribution in [0.5, 0.6) is 0 Å². The minimum absolute atomic E-state index is 0.138. The van der Waals surface area contributed by atoms with E-state index in [2.05, 4.69) is 26.1 Å². The monoisotopic (exact) mass is 366 g/mol. The third-order valence-corrected chi connectivity index (χ3v) is 5.57. The number of benzene rings is 1. The van der Waals surface area contributed by atoms with Gasteiger partial charge in [0.1, 0.15) is 0 Å². The van der Waals surface area contributed by atoms with Crippen LogP contribution in [0, 0.1) is 5.41 Å². The van der Waals surface area contributed by atoms with Gasteiger partial charge in [0, 0.05) is 26.7 Å². The molecule has 0 spiro atoms. The number of rotatable bonds is 8. The first-order chi connectivity index (χ1) is 11.5. The molecule has 140 valence electrons. The van der Waals surface area contributed by atoms with Crippen molar-refractivity contribution in [2.24, 2.45) is 5.41 Å². The largest absolute Gasteiger partial charge is 0.353 e. The van der Waals surface area contributed by atoms with Gasteiger partial charge in [0.15, 0.2) is 0 Å². The summed E-state index contributed by atoms with van der Waals surface area (Å²) >= 11 is 0. The highest BCUT2D eigenvalue weighted by atomic mass is 32.2. The first-order valence-electron chi connectivity index (χ1n) is 8.51. The molecular weight excluding hydrogens is 336 g/mol. The second kappa shape index (κ2) is 9.15. The van der Waals surface area contributed by atoms with Crippen LogP contribution in [0.3, 0.4) is 0 Å². The van der Waals surface area contributed by atoms with E-state index in [0.717, 1.165) is 24.8 Å². The average Bonchev–Trinajstić information content (AvgIpc) is 2.51. The zero-order chi connectivity index (χ0) is 19.1. The van der Waals surface area contributed by atoms with Gasteiger partial charge in [0.05, 0.1) is 4.90 Å². The maximum absolute atomic E-state index is 12.0. The average molecular weight is 367 g/mol. The van der Waals surface area contributed by atoms with Crippen LogP contribution in [0.1, 0.15) is 45.6 Å². The molecule has 1 amide bonds. The Hall–Kier alpha value is -1.66. The van der Waals surface area contributed by atoms with Gasteiger partial charge < -0.3 is 5.32 Å². The summed E-state index contributed by atoms with van der Waals surface area (Å²) in [6.45, 7) is 7.30. The third kappa shape index (κ3) is 7.84. The summed E-state index contributed by atoms with van der Waals surface area (Å²) < 4.78 is 25.1. The van der Waals surface area contributed by atoms with Crippen molar-refractivity contribution in [2.75, 3.05) is 20.6 Å². The van der Waals surface area contributed by atoms with Crippen molar-refractivity contribution in [2.45, 2.75) is 44.9 Å². The Morgan fingerprint density at radius 1 is 1.12 bits per heavy atom. The molecule has 6 heteroatoms. The van der Waals surface area contributed by atoms with Gasteiger partial charge in [-0.2, -0.15) is 0 Å². The molecule has 0 radical (unpaired) electrons. The van der Waals surface area contributed by atoms with Gasteiger partial charge in [-0.05, 0) is 42.0 Å². The Morgan fingerprint density at radius 3 is 2.24 bits per heavy atom. The fourth-order valence-electron chi connectivity index (χ4n) is 2.18. The maximum atomic E-state index is 12.0. The molecule has 1 N–H and O–H groups in total. The Bertz CT molecular complexity index is 684. The molecule has 5 nitrogen and oxygen atoms in total. The molecule has 1 rings (SSSR count). The van der Waals surface area contributed by atoms with E-state index in [1.807, 2.05) is 0 Å². The Morgan fingerprint density at radius 2 is 1.72 bits per heavy atom. The van der Waals surface area contributed by atoms with Gasteiger partial charge in [-0.25, -0.2) is 12.7 Å². The molecule has 0 heterocycles. The maximum Gasteiger partial charge on any atom is 0.243 e. The minimum Gasteiger partial charge on any atom is -0.353 e. The number of nitrogens with zero attached hydrogens (tertiary/aromatic N) is 1. The molecule has 0 aliphatic carbocycles. The van der Waals surface area contributed by atoms with Crippen LogP contribution in [0.25, 0.3) is 6.08 Å². The SMILES string of the molecule is CN(C)S(=O)(=O)c1ccc(/C=C/C(=O)NCCCCC(C)(C)C)cc1. The highest BCUT2D eigenvalue weighted by molar-refractivity contribution is 7.89. The lowest BCUT2D eigenvalue weighted by molar-refractivity contribution is -0.116. The number of sulfonamides is 1. The van der Waals surface area contributed by atoms with Gasteiger partial charge in [0.2, 0.25) is 15.9 Å². The van der Waals surface area contributed by atoms with E-state index in [-0.39, 0.29) is 10.8 Å². The molecule has 0 atom stereocenters. The molecule has 0 aliphatic heterocycles. The summed E-state index contributed by atoms with van der Waals surface area (Å²) in [5.74, 6) is -0.138. The lowest BCUT2D eigenvalue weighted by Crippen LogP contribution is -2.22. The van der Waals surface area contributed by atoms with Gasteiger partial charge >= 0.3 is 0 Å². The number of amides is 1. The first kappa shape index (κ1) is 21.4. The molecule has 0 fully saturated rings. The van der Waals surface area contributed by atoms with E-state index in [1.54, 1.807) is 30.3 Å². The van der Waals surface area contributed by atoms with E-state index in [0.29, 0.717) is 12.0 Å². The fraction of sp³-hybridized carbons (Fsp3) is 0.526. The summed E-state index contributed by atoms with van der Waals surface area (Å²) in [5, 5.41) is 2.86. The number of unbranched alkanes of at least 4 members (excludes halogenated alkanes) is 1. The van der Waals surface area contributed by atoms with Crippen LogP contribution in [0.4, 0.5) is 0 Å². The summed E-state index contributed by atoms with van der Waals surface area (Å²) in [6.07, 6.45) is 6.35. The molecule has 25 heavy (non-hydrogen) atoms. The second-order valence-electron chi connectivity index (χ2n) is 7.50. The number of carbonyl (C=O) groups is 1. The predicted octanol–water partition coefficient (Wildman–Crippen LogP) is 3.28. The van der Waals surface area contributed by atoms with Crippen molar-refractivity contribution in [1.82, 2.24) is 9.62 Å². The van der Waals surface area contributed by atoms with E-state index in [4.69, 9.17) is 0 Å². The Labute approximate surface area is 152 Å². The van der Waals surface area contributed by atoms with Gasteiger partial charge in [-0.15, -0.1) is 0 Å². The van der Waals surface area contributed by atoms with Crippen molar-refractivity contribution in [3.8, 4) is 0 Å². The zero-order valence-corrected chi connectivity index (χ0v) is 16.7. The fourth-order valence-corrected chi connectivity index (χ4v) is 3.09. The number of hydrogen-bond acceptors (Lipinski definition) is 3. The van der Waals surface area contributed by atoms with E-state index in [1.165, 1.54) is 24.5 Å². The second-order valence-corrected chi connectivity index (χ2v) is 9.65. The third-order valence-electron chi connectivity index (χ3n) is 3.74. The molecule has 0 aliphatic rings. The summed E-state index contributed by atoms with van der Waals surface area (Å²) in [4.78, 5) is 12.0. The quantitative estimate of drug-likeness (QED) is 0.567. The highest BCUT2D eigenvalue weighted by Gasteiger charge is 2.16. The summed E-state index contributed by atoms with van der Waals surface area (Å²) in [6, 6.07) is 6.45. The molecule has 0 saturated carbocycles. The van der Waals surface area contributed by atoms with E-state index in [9.17, 15) is 13.2 Å². The molecule has 1 aromatic carbocycles. The van der Waals surface area contributed by atoms with Crippen LogP contribution in [-0.2, 0) is 14.8 Å². The van der Waals surface area contributed by atoms with Gasteiger partial charge in [-0.1, -0.05) is 39.3 Å².